The molecule has 1 aliphatic heterocycles. The maximum absolute atomic E-state index is 12.7. The number of rotatable bonds is 4. The van der Waals surface area contributed by atoms with Crippen molar-refractivity contribution in [3.05, 3.63) is 10.6 Å². The van der Waals surface area contributed by atoms with Gasteiger partial charge >= 0.3 is 6.03 Å². The highest BCUT2D eigenvalue weighted by atomic mass is 32.1. The lowest BCUT2D eigenvalue weighted by Crippen LogP contribution is -2.42. The molecule has 2 heterocycles. The van der Waals surface area contributed by atoms with Crippen molar-refractivity contribution in [3.63, 3.8) is 0 Å². The summed E-state index contributed by atoms with van der Waals surface area (Å²) < 4.78 is 0. The number of nitrogens with zero attached hydrogens (tertiary/aromatic N) is 2. The van der Waals surface area contributed by atoms with Gasteiger partial charge in [-0.3, -0.25) is 14.5 Å². The Labute approximate surface area is 169 Å². The average Bonchev–Trinajstić information content (AvgIpc) is 3.15. The summed E-state index contributed by atoms with van der Waals surface area (Å²) in [6, 6.07) is -1.14. The molecule has 1 saturated carbocycles. The normalized spacial score (nSPS) is 23.7. The first-order valence-corrected chi connectivity index (χ1v) is 11.4. The molecule has 152 valence electrons. The van der Waals surface area contributed by atoms with E-state index >= 15 is 0 Å². The van der Waals surface area contributed by atoms with Crippen LogP contribution in [0.1, 0.15) is 74.8 Å². The lowest BCUT2D eigenvalue weighted by atomic mass is 9.94. The number of nitrogens with one attached hydrogen (secondary N) is 2. The lowest BCUT2D eigenvalue weighted by molar-refractivity contribution is -0.131. The second-order valence-corrected chi connectivity index (χ2v) is 9.14. The summed E-state index contributed by atoms with van der Waals surface area (Å²) in [5.41, 5.74) is 1.11. The van der Waals surface area contributed by atoms with E-state index in [9.17, 15) is 14.4 Å². The Hall–Kier alpha value is -1.96. The molecule has 2 aliphatic carbocycles. The number of fused-ring (bicyclic) bond motifs is 1. The van der Waals surface area contributed by atoms with Crippen LogP contribution in [0.3, 0.4) is 0 Å². The fraction of sp³-hybridized carbons (Fsp3) is 0.700. The Kier molecular flexibility index (Phi) is 5.94. The number of hydrogen-bond donors (Lipinski definition) is 2. The zero-order chi connectivity index (χ0) is 19.5. The SMILES string of the molecule is O=C(CC1NC(=O)N(C2CCCCC2)C1=O)Nc1nc2c(s1)CCCCCC2. The summed E-state index contributed by atoms with van der Waals surface area (Å²) in [4.78, 5) is 44.7. The summed E-state index contributed by atoms with van der Waals surface area (Å²) >= 11 is 1.54. The van der Waals surface area contributed by atoms with Crippen LogP contribution in [0, 0.1) is 0 Å². The summed E-state index contributed by atoms with van der Waals surface area (Å²) in [6.45, 7) is 0. The van der Waals surface area contributed by atoms with Crippen LogP contribution in [0.25, 0.3) is 0 Å². The Bertz CT molecular complexity index is 731. The number of hydrogen-bond acceptors (Lipinski definition) is 5. The van der Waals surface area contributed by atoms with E-state index in [4.69, 9.17) is 0 Å². The molecule has 0 bridgehead atoms. The number of imide groups is 1. The van der Waals surface area contributed by atoms with E-state index in [2.05, 4.69) is 15.6 Å². The van der Waals surface area contributed by atoms with Crippen LogP contribution in [-0.4, -0.2) is 39.8 Å². The molecule has 3 aliphatic rings. The van der Waals surface area contributed by atoms with Gasteiger partial charge in [0.2, 0.25) is 5.91 Å². The minimum Gasteiger partial charge on any atom is -0.325 e. The predicted molar refractivity (Wildman–Crippen MR) is 107 cm³/mol. The molecule has 28 heavy (non-hydrogen) atoms. The van der Waals surface area contributed by atoms with Crippen LogP contribution in [0.5, 0.6) is 0 Å². The fourth-order valence-corrected chi connectivity index (χ4v) is 5.55. The Morgan fingerprint density at radius 1 is 1.07 bits per heavy atom. The molecular formula is C20H28N4O3S. The van der Waals surface area contributed by atoms with Gasteiger partial charge < -0.3 is 10.6 Å². The van der Waals surface area contributed by atoms with E-state index in [1.807, 2.05) is 0 Å². The van der Waals surface area contributed by atoms with Crippen LogP contribution in [0.2, 0.25) is 0 Å². The Morgan fingerprint density at radius 2 is 1.79 bits per heavy atom. The average molecular weight is 405 g/mol. The first-order valence-electron chi connectivity index (χ1n) is 10.5. The van der Waals surface area contributed by atoms with Gasteiger partial charge in [-0.15, -0.1) is 11.3 Å². The van der Waals surface area contributed by atoms with Crippen LogP contribution >= 0.6 is 11.3 Å². The number of aromatic nitrogens is 1. The van der Waals surface area contributed by atoms with Gasteiger partial charge in [0, 0.05) is 10.9 Å². The maximum Gasteiger partial charge on any atom is 0.325 e. The largest absolute Gasteiger partial charge is 0.325 e. The van der Waals surface area contributed by atoms with E-state index in [-0.39, 0.29) is 30.3 Å². The second-order valence-electron chi connectivity index (χ2n) is 8.06. The Morgan fingerprint density at radius 3 is 2.57 bits per heavy atom. The molecule has 8 heteroatoms. The summed E-state index contributed by atoms with van der Waals surface area (Å²) in [6.07, 6.45) is 11.7. The molecule has 0 aromatic carbocycles. The van der Waals surface area contributed by atoms with E-state index in [0.29, 0.717) is 5.13 Å². The van der Waals surface area contributed by atoms with Gasteiger partial charge in [-0.25, -0.2) is 9.78 Å². The number of carbonyl (C=O) groups excluding carboxylic acids is 3. The van der Waals surface area contributed by atoms with E-state index in [0.717, 1.165) is 57.1 Å². The smallest absolute Gasteiger partial charge is 0.325 e. The van der Waals surface area contributed by atoms with E-state index in [1.165, 1.54) is 29.0 Å². The maximum atomic E-state index is 12.7. The highest BCUT2D eigenvalue weighted by molar-refractivity contribution is 7.15. The lowest BCUT2D eigenvalue weighted by Gasteiger charge is -2.28. The quantitative estimate of drug-likeness (QED) is 0.753. The molecule has 1 saturated heterocycles. The molecule has 1 aromatic rings. The van der Waals surface area contributed by atoms with Gasteiger partial charge in [-0.1, -0.05) is 32.1 Å². The van der Waals surface area contributed by atoms with Gasteiger partial charge in [-0.2, -0.15) is 0 Å². The van der Waals surface area contributed by atoms with Crippen molar-refractivity contribution in [2.45, 2.75) is 89.1 Å². The molecule has 4 amide bonds. The zero-order valence-corrected chi connectivity index (χ0v) is 17.0. The zero-order valence-electron chi connectivity index (χ0n) is 16.2. The van der Waals surface area contributed by atoms with Gasteiger partial charge in [0.05, 0.1) is 12.1 Å². The summed E-state index contributed by atoms with van der Waals surface area (Å²) in [5, 5.41) is 6.14. The number of thiazole rings is 1. The molecule has 1 atom stereocenters. The number of aryl methyl sites for hydroxylation is 2. The highest BCUT2D eigenvalue weighted by Crippen LogP contribution is 2.29. The van der Waals surface area contributed by atoms with Crippen molar-refractivity contribution in [3.8, 4) is 0 Å². The molecule has 7 nitrogen and oxygen atoms in total. The molecule has 1 aromatic heterocycles. The molecular weight excluding hydrogens is 376 g/mol. The first kappa shape index (κ1) is 19.4. The number of anilines is 1. The van der Waals surface area contributed by atoms with Gasteiger partial charge in [0.25, 0.3) is 5.91 Å². The summed E-state index contributed by atoms with van der Waals surface area (Å²) in [5.74, 6) is -0.538. The number of amides is 4. The number of urea groups is 1. The molecule has 1 unspecified atom stereocenters. The van der Waals surface area contributed by atoms with Crippen molar-refractivity contribution < 1.29 is 14.4 Å². The standard InChI is InChI=1S/C20H28N4O3S/c25-17(23-19-21-14-10-6-1-2-7-11-16(14)28-19)12-15-18(26)24(20(27)22-15)13-8-4-3-5-9-13/h13,15H,1-12H2,(H,22,27)(H,21,23,25). The molecule has 4 rings (SSSR count). The monoisotopic (exact) mass is 404 g/mol. The third kappa shape index (κ3) is 4.21. The van der Waals surface area contributed by atoms with Gasteiger partial charge in [0.1, 0.15) is 6.04 Å². The van der Waals surface area contributed by atoms with Crippen molar-refractivity contribution in [1.82, 2.24) is 15.2 Å². The van der Waals surface area contributed by atoms with Crippen molar-refractivity contribution >= 4 is 34.3 Å². The minimum absolute atomic E-state index is 0.0205. The second kappa shape index (κ2) is 8.59. The minimum atomic E-state index is -0.768. The highest BCUT2D eigenvalue weighted by Gasteiger charge is 2.42. The molecule has 0 spiro atoms. The van der Waals surface area contributed by atoms with Crippen LogP contribution in [-0.2, 0) is 22.4 Å². The van der Waals surface area contributed by atoms with Crippen molar-refractivity contribution in [2.24, 2.45) is 0 Å². The predicted octanol–water partition coefficient (Wildman–Crippen LogP) is 3.38. The van der Waals surface area contributed by atoms with Gasteiger partial charge in [0.15, 0.2) is 5.13 Å². The van der Waals surface area contributed by atoms with Gasteiger partial charge in [-0.05, 0) is 38.5 Å². The molecule has 2 N–H and O–H groups in total. The third-order valence-electron chi connectivity index (χ3n) is 5.97. The first-order chi connectivity index (χ1) is 13.6. The van der Waals surface area contributed by atoms with Crippen LogP contribution in [0.4, 0.5) is 9.93 Å². The van der Waals surface area contributed by atoms with Crippen molar-refractivity contribution in [1.29, 1.82) is 0 Å². The number of carbonyl (C=O) groups is 3. The molecule has 2 fully saturated rings. The Balaban J connectivity index is 1.35. The summed E-state index contributed by atoms with van der Waals surface area (Å²) in [7, 11) is 0. The van der Waals surface area contributed by atoms with Crippen LogP contribution < -0.4 is 10.6 Å². The fourth-order valence-electron chi connectivity index (χ4n) is 4.49. The topological polar surface area (TPSA) is 91.4 Å². The third-order valence-corrected chi connectivity index (χ3v) is 7.05. The van der Waals surface area contributed by atoms with E-state index < -0.39 is 6.04 Å². The van der Waals surface area contributed by atoms with Crippen molar-refractivity contribution in [2.75, 3.05) is 5.32 Å². The van der Waals surface area contributed by atoms with E-state index in [1.54, 1.807) is 11.3 Å². The molecule has 0 radical (unpaired) electrons. The van der Waals surface area contributed by atoms with Crippen LogP contribution in [0.15, 0.2) is 0 Å².